The van der Waals surface area contributed by atoms with Crippen molar-refractivity contribution in [2.45, 2.75) is 6.42 Å². The molecule has 0 bridgehead atoms. The summed E-state index contributed by atoms with van der Waals surface area (Å²) in [4.78, 5) is 12.0. The van der Waals surface area contributed by atoms with Gasteiger partial charge in [-0.25, -0.2) is 8.78 Å². The minimum Gasteiger partial charge on any atom is -0.493 e. The Labute approximate surface area is 120 Å². The van der Waals surface area contributed by atoms with Crippen LogP contribution in [0.5, 0.6) is 11.5 Å². The fraction of sp³-hybridized carbons (Fsp3) is 0.188. The van der Waals surface area contributed by atoms with E-state index in [1.54, 1.807) is 18.2 Å². The molecule has 0 aliphatic carbocycles. The monoisotopic (exact) mass is 290 g/mol. The molecule has 2 aromatic rings. The smallest absolute Gasteiger partial charge is 0.200 e. The first-order valence-corrected chi connectivity index (χ1v) is 6.50. The highest BCUT2D eigenvalue weighted by Crippen LogP contribution is 2.26. The quantitative estimate of drug-likeness (QED) is 0.811. The molecular weight excluding hydrogens is 278 g/mol. The molecule has 0 radical (unpaired) electrons. The van der Waals surface area contributed by atoms with E-state index in [0.29, 0.717) is 18.2 Å². The third-order valence-corrected chi connectivity index (χ3v) is 3.26. The molecule has 0 amide bonds. The van der Waals surface area contributed by atoms with Gasteiger partial charge < -0.3 is 9.47 Å². The van der Waals surface area contributed by atoms with Gasteiger partial charge in [-0.15, -0.1) is 0 Å². The van der Waals surface area contributed by atoms with Gasteiger partial charge in [0.05, 0.1) is 6.61 Å². The highest BCUT2D eigenvalue weighted by Gasteiger charge is 2.16. The van der Waals surface area contributed by atoms with Crippen LogP contribution in [0.1, 0.15) is 15.9 Å². The summed E-state index contributed by atoms with van der Waals surface area (Å²) in [5, 5.41) is 0. The van der Waals surface area contributed by atoms with Crippen molar-refractivity contribution in [1.82, 2.24) is 0 Å². The molecule has 0 N–H and O–H groups in total. The molecule has 21 heavy (non-hydrogen) atoms. The van der Waals surface area contributed by atoms with E-state index >= 15 is 0 Å². The predicted molar refractivity (Wildman–Crippen MR) is 71.8 cm³/mol. The number of hydrogen-bond acceptors (Lipinski definition) is 3. The lowest BCUT2D eigenvalue weighted by atomic mass is 10.1. The fourth-order valence-electron chi connectivity index (χ4n) is 2.18. The Morgan fingerprint density at radius 2 is 2.05 bits per heavy atom. The fourth-order valence-corrected chi connectivity index (χ4v) is 2.18. The molecule has 0 spiro atoms. The molecular formula is C16H12F2O3. The van der Waals surface area contributed by atoms with E-state index in [0.717, 1.165) is 29.9 Å². The van der Waals surface area contributed by atoms with Crippen molar-refractivity contribution in [3.05, 3.63) is 59.2 Å². The van der Waals surface area contributed by atoms with E-state index in [-0.39, 0.29) is 18.1 Å². The van der Waals surface area contributed by atoms with Crippen LogP contribution < -0.4 is 9.47 Å². The third kappa shape index (κ3) is 2.86. The van der Waals surface area contributed by atoms with Crippen LogP contribution in [0.25, 0.3) is 0 Å². The van der Waals surface area contributed by atoms with Crippen LogP contribution in [0, 0.1) is 11.6 Å². The Kier molecular flexibility index (Phi) is 3.56. The second kappa shape index (κ2) is 5.52. The lowest BCUT2D eigenvalue weighted by molar-refractivity contribution is 0.0918. The minimum absolute atomic E-state index is 0.144. The number of ketones is 1. The molecule has 0 saturated carbocycles. The van der Waals surface area contributed by atoms with Gasteiger partial charge in [0.15, 0.2) is 24.0 Å². The Hall–Kier alpha value is -2.43. The second-order valence-corrected chi connectivity index (χ2v) is 4.71. The molecule has 1 heterocycles. The van der Waals surface area contributed by atoms with Crippen LogP contribution in [-0.2, 0) is 6.42 Å². The normalized spacial score (nSPS) is 12.7. The summed E-state index contributed by atoms with van der Waals surface area (Å²) in [6.45, 7) is 0.312. The Bertz CT molecular complexity index is 698. The molecule has 1 aliphatic rings. The van der Waals surface area contributed by atoms with Crippen molar-refractivity contribution in [1.29, 1.82) is 0 Å². The number of ether oxygens (including phenoxy) is 2. The number of halogens is 2. The van der Waals surface area contributed by atoms with Gasteiger partial charge in [-0.3, -0.25) is 4.79 Å². The predicted octanol–water partition coefficient (Wildman–Crippen LogP) is 3.16. The summed E-state index contributed by atoms with van der Waals surface area (Å²) in [6.07, 6.45) is 0.768. The molecule has 0 atom stereocenters. The van der Waals surface area contributed by atoms with Gasteiger partial charge >= 0.3 is 0 Å². The highest BCUT2D eigenvalue weighted by atomic mass is 19.1. The maximum atomic E-state index is 13.4. The molecule has 0 aromatic heterocycles. The van der Waals surface area contributed by atoms with Crippen molar-refractivity contribution in [2.24, 2.45) is 0 Å². The summed E-state index contributed by atoms with van der Waals surface area (Å²) in [7, 11) is 0. The van der Waals surface area contributed by atoms with E-state index in [9.17, 15) is 13.6 Å². The van der Waals surface area contributed by atoms with E-state index < -0.39 is 11.6 Å². The van der Waals surface area contributed by atoms with Gasteiger partial charge in [0.2, 0.25) is 0 Å². The third-order valence-electron chi connectivity index (χ3n) is 3.26. The van der Waals surface area contributed by atoms with Gasteiger partial charge in [0.1, 0.15) is 11.6 Å². The lowest BCUT2D eigenvalue weighted by Crippen LogP contribution is -2.12. The van der Waals surface area contributed by atoms with E-state index in [1.165, 1.54) is 0 Å². The van der Waals surface area contributed by atoms with Gasteiger partial charge in [-0.05, 0) is 35.9 Å². The summed E-state index contributed by atoms with van der Waals surface area (Å²) in [5.74, 6) is -1.14. The summed E-state index contributed by atoms with van der Waals surface area (Å²) in [5.41, 5.74) is 1.47. The van der Waals surface area contributed by atoms with Crippen molar-refractivity contribution >= 4 is 5.78 Å². The molecule has 2 aromatic carbocycles. The lowest BCUT2D eigenvalue weighted by Gasteiger charge is -2.07. The Morgan fingerprint density at radius 1 is 1.19 bits per heavy atom. The molecule has 3 nitrogen and oxygen atoms in total. The molecule has 3 rings (SSSR count). The van der Waals surface area contributed by atoms with Gasteiger partial charge in [0.25, 0.3) is 0 Å². The van der Waals surface area contributed by atoms with Crippen LogP contribution in [-0.4, -0.2) is 19.0 Å². The molecule has 0 fully saturated rings. The van der Waals surface area contributed by atoms with E-state index in [1.807, 2.05) is 0 Å². The summed E-state index contributed by atoms with van der Waals surface area (Å²) in [6, 6.07) is 8.11. The number of carbonyl (C=O) groups is 1. The zero-order valence-corrected chi connectivity index (χ0v) is 11.1. The van der Waals surface area contributed by atoms with Crippen LogP contribution in [0.2, 0.25) is 0 Å². The van der Waals surface area contributed by atoms with Crippen molar-refractivity contribution in [3.8, 4) is 11.5 Å². The molecule has 5 heteroatoms. The molecule has 1 aliphatic heterocycles. The van der Waals surface area contributed by atoms with Crippen LogP contribution in [0.4, 0.5) is 8.78 Å². The number of rotatable bonds is 4. The largest absolute Gasteiger partial charge is 0.493 e. The summed E-state index contributed by atoms with van der Waals surface area (Å²) < 4.78 is 36.6. The number of benzene rings is 2. The minimum atomic E-state index is -0.829. The van der Waals surface area contributed by atoms with Gasteiger partial charge in [-0.2, -0.15) is 0 Å². The molecule has 108 valence electrons. The van der Waals surface area contributed by atoms with E-state index in [2.05, 4.69) is 0 Å². The maximum absolute atomic E-state index is 13.4. The highest BCUT2D eigenvalue weighted by molar-refractivity contribution is 5.97. The zero-order chi connectivity index (χ0) is 14.8. The van der Waals surface area contributed by atoms with E-state index in [4.69, 9.17) is 9.47 Å². The average molecular weight is 290 g/mol. The number of carbonyl (C=O) groups excluding carboxylic acids is 1. The van der Waals surface area contributed by atoms with Gasteiger partial charge in [-0.1, -0.05) is 0 Å². The SMILES string of the molecule is O=C(COc1ccc(F)cc1F)c1ccc2c(c1)CCO2. The first-order chi connectivity index (χ1) is 10.1. The first kappa shape index (κ1) is 13.5. The topological polar surface area (TPSA) is 35.5 Å². The number of fused-ring (bicyclic) bond motifs is 1. The second-order valence-electron chi connectivity index (χ2n) is 4.71. The van der Waals surface area contributed by atoms with Crippen LogP contribution in [0.15, 0.2) is 36.4 Å². The van der Waals surface area contributed by atoms with Gasteiger partial charge in [0, 0.05) is 18.1 Å². The van der Waals surface area contributed by atoms with Crippen molar-refractivity contribution in [3.63, 3.8) is 0 Å². The standard InChI is InChI=1S/C16H12F2O3/c17-12-2-4-16(13(18)8-12)21-9-14(19)10-1-3-15-11(7-10)5-6-20-15/h1-4,7-8H,5-6,9H2. The summed E-state index contributed by atoms with van der Waals surface area (Å²) >= 11 is 0. The number of hydrogen-bond donors (Lipinski definition) is 0. The van der Waals surface area contributed by atoms with Crippen molar-refractivity contribution < 1.29 is 23.0 Å². The zero-order valence-electron chi connectivity index (χ0n) is 11.1. The van der Waals surface area contributed by atoms with Crippen LogP contribution in [0.3, 0.4) is 0 Å². The Balaban J connectivity index is 1.69. The number of Topliss-reactive ketones (excluding diaryl/α,β-unsaturated/α-hetero) is 1. The molecule has 0 unspecified atom stereocenters. The first-order valence-electron chi connectivity index (χ1n) is 6.50. The average Bonchev–Trinajstić information content (AvgIpc) is 2.93. The maximum Gasteiger partial charge on any atom is 0.200 e. The molecule has 0 saturated heterocycles. The van der Waals surface area contributed by atoms with Crippen LogP contribution >= 0.6 is 0 Å². The Morgan fingerprint density at radius 3 is 2.86 bits per heavy atom. The van der Waals surface area contributed by atoms with Crippen molar-refractivity contribution in [2.75, 3.05) is 13.2 Å².